The fourth-order valence-corrected chi connectivity index (χ4v) is 2.74. The molecule has 148 valence electrons. The van der Waals surface area contributed by atoms with E-state index in [1.165, 1.54) is 18.2 Å². The molecule has 0 bridgehead atoms. The third-order valence-electron chi connectivity index (χ3n) is 3.70. The van der Waals surface area contributed by atoms with Gasteiger partial charge in [-0.3, -0.25) is 0 Å². The van der Waals surface area contributed by atoms with Crippen molar-refractivity contribution in [3.8, 4) is 0 Å². The topological polar surface area (TPSA) is 76.7 Å². The zero-order valence-electron chi connectivity index (χ0n) is 15.8. The van der Waals surface area contributed by atoms with Crippen molar-refractivity contribution in [1.29, 1.82) is 0 Å². The van der Waals surface area contributed by atoms with E-state index >= 15 is 0 Å². The molecule has 0 amide bonds. The van der Waals surface area contributed by atoms with E-state index in [-0.39, 0.29) is 23.9 Å². The number of thiocarbonyl (C=S) groups is 1. The first-order valence-electron chi connectivity index (χ1n) is 8.68. The Morgan fingerprint density at radius 2 is 1.68 bits per heavy atom. The molecule has 2 aromatic carbocycles. The quantitative estimate of drug-likeness (QED) is 0.512. The van der Waals surface area contributed by atoms with Crippen molar-refractivity contribution in [3.05, 3.63) is 58.1 Å². The molecule has 0 aliphatic heterocycles. The third-order valence-corrected chi connectivity index (χ3v) is 4.32. The van der Waals surface area contributed by atoms with Crippen molar-refractivity contribution in [2.75, 3.05) is 23.8 Å². The van der Waals surface area contributed by atoms with E-state index in [0.717, 1.165) is 5.56 Å². The number of rotatable bonds is 6. The molecule has 0 saturated carbocycles. The molecule has 2 N–H and O–H groups in total. The third kappa shape index (κ3) is 5.68. The summed E-state index contributed by atoms with van der Waals surface area (Å²) in [5, 5.41) is 6.77. The van der Waals surface area contributed by atoms with Crippen molar-refractivity contribution in [2.24, 2.45) is 0 Å². The van der Waals surface area contributed by atoms with Crippen LogP contribution in [0.5, 0.6) is 0 Å². The Labute approximate surface area is 174 Å². The van der Waals surface area contributed by atoms with Crippen LogP contribution in [0.3, 0.4) is 0 Å². The molecular formula is C20H21ClN2O4S. The number of aryl methyl sites for hydroxylation is 1. The largest absolute Gasteiger partial charge is 0.462 e. The fraction of sp³-hybridized carbons (Fsp3) is 0.250. The van der Waals surface area contributed by atoms with Gasteiger partial charge in [0.1, 0.15) is 0 Å². The molecule has 0 radical (unpaired) electrons. The molecule has 6 nitrogen and oxygen atoms in total. The highest BCUT2D eigenvalue weighted by molar-refractivity contribution is 7.80. The van der Waals surface area contributed by atoms with Crippen molar-refractivity contribution < 1.29 is 19.1 Å². The van der Waals surface area contributed by atoms with Crippen molar-refractivity contribution in [2.45, 2.75) is 20.8 Å². The Kier molecular flexibility index (Phi) is 7.78. The highest BCUT2D eigenvalue weighted by Crippen LogP contribution is 2.22. The van der Waals surface area contributed by atoms with Crippen molar-refractivity contribution in [1.82, 2.24) is 0 Å². The van der Waals surface area contributed by atoms with Gasteiger partial charge < -0.3 is 20.1 Å². The molecule has 0 aliphatic carbocycles. The molecular weight excluding hydrogens is 400 g/mol. The van der Waals surface area contributed by atoms with Crippen LogP contribution in [0.1, 0.15) is 40.1 Å². The van der Waals surface area contributed by atoms with Crippen LogP contribution >= 0.6 is 23.8 Å². The Morgan fingerprint density at radius 3 is 2.32 bits per heavy atom. The summed E-state index contributed by atoms with van der Waals surface area (Å²) in [6, 6.07) is 9.94. The molecule has 0 aromatic heterocycles. The second-order valence-electron chi connectivity index (χ2n) is 5.74. The van der Waals surface area contributed by atoms with Gasteiger partial charge in [-0.25, -0.2) is 9.59 Å². The van der Waals surface area contributed by atoms with Crippen LogP contribution in [-0.4, -0.2) is 30.3 Å². The minimum absolute atomic E-state index is 0.225. The number of carbonyl (C=O) groups is 2. The zero-order valence-corrected chi connectivity index (χ0v) is 17.4. The van der Waals surface area contributed by atoms with Gasteiger partial charge in [-0.2, -0.15) is 0 Å². The second kappa shape index (κ2) is 10.1. The first-order valence-corrected chi connectivity index (χ1v) is 9.46. The Balaban J connectivity index is 2.27. The fourth-order valence-electron chi connectivity index (χ4n) is 2.33. The van der Waals surface area contributed by atoms with E-state index in [2.05, 4.69) is 10.6 Å². The number of halogens is 1. The van der Waals surface area contributed by atoms with Gasteiger partial charge in [0, 0.05) is 10.7 Å². The normalized spacial score (nSPS) is 10.1. The molecule has 0 unspecified atom stereocenters. The van der Waals surface area contributed by atoms with E-state index in [4.69, 9.17) is 33.3 Å². The summed E-state index contributed by atoms with van der Waals surface area (Å²) in [4.78, 5) is 24.3. The molecule has 28 heavy (non-hydrogen) atoms. The van der Waals surface area contributed by atoms with Crippen LogP contribution < -0.4 is 10.6 Å². The Hall–Kier alpha value is -2.64. The number of hydrogen-bond donors (Lipinski definition) is 2. The zero-order chi connectivity index (χ0) is 20.7. The monoisotopic (exact) mass is 420 g/mol. The maximum atomic E-state index is 12.2. The molecule has 2 aromatic rings. The molecule has 0 spiro atoms. The summed E-state index contributed by atoms with van der Waals surface area (Å²) in [6.07, 6.45) is 0. The van der Waals surface area contributed by atoms with Crippen molar-refractivity contribution >= 4 is 52.2 Å². The average Bonchev–Trinajstić information content (AvgIpc) is 2.65. The summed E-state index contributed by atoms with van der Waals surface area (Å²) in [5.74, 6) is -1.02. The smallest absolute Gasteiger partial charge is 0.340 e. The van der Waals surface area contributed by atoms with Gasteiger partial charge in [-0.1, -0.05) is 17.7 Å². The van der Waals surface area contributed by atoms with Crippen LogP contribution in [0.15, 0.2) is 36.4 Å². The van der Waals surface area contributed by atoms with Crippen LogP contribution in [0.25, 0.3) is 0 Å². The first kappa shape index (κ1) is 21.7. The minimum atomic E-state index is -0.526. The van der Waals surface area contributed by atoms with Gasteiger partial charge in [-0.05, 0) is 68.9 Å². The Bertz CT molecular complexity index is 902. The van der Waals surface area contributed by atoms with Gasteiger partial charge in [0.15, 0.2) is 5.11 Å². The lowest BCUT2D eigenvalue weighted by Crippen LogP contribution is -2.21. The number of ether oxygens (including phenoxy) is 2. The van der Waals surface area contributed by atoms with E-state index in [9.17, 15) is 9.59 Å². The van der Waals surface area contributed by atoms with E-state index in [1.807, 2.05) is 19.1 Å². The number of hydrogen-bond acceptors (Lipinski definition) is 5. The molecule has 8 heteroatoms. The number of nitrogens with one attached hydrogen (secondary N) is 2. The summed E-state index contributed by atoms with van der Waals surface area (Å²) in [6.45, 7) is 5.80. The van der Waals surface area contributed by atoms with Crippen LogP contribution in [0.4, 0.5) is 11.4 Å². The first-order chi connectivity index (χ1) is 13.3. The standard InChI is InChI=1S/C20H21ClN2O4S/c1-4-26-18(24)13-7-9-15(19(25)27-5-2)17(10-13)23-20(28)22-14-8-6-12(3)16(21)11-14/h6-11H,4-5H2,1-3H3,(H2,22,23,28). The summed E-state index contributed by atoms with van der Waals surface area (Å²) in [7, 11) is 0. The SMILES string of the molecule is CCOC(=O)c1ccc(C(=O)OCC)c(NC(=S)Nc2ccc(C)c(Cl)c2)c1. The van der Waals surface area contributed by atoms with Crippen molar-refractivity contribution in [3.63, 3.8) is 0 Å². The van der Waals surface area contributed by atoms with Gasteiger partial charge in [0.2, 0.25) is 0 Å². The number of carbonyl (C=O) groups excluding carboxylic acids is 2. The molecule has 0 saturated heterocycles. The lowest BCUT2D eigenvalue weighted by molar-refractivity contribution is 0.0512. The van der Waals surface area contributed by atoms with E-state index in [1.54, 1.807) is 19.9 Å². The number of anilines is 2. The summed E-state index contributed by atoms with van der Waals surface area (Å²) >= 11 is 11.5. The second-order valence-corrected chi connectivity index (χ2v) is 6.56. The summed E-state index contributed by atoms with van der Waals surface area (Å²) < 4.78 is 10.1. The molecule has 0 atom stereocenters. The average molecular weight is 421 g/mol. The predicted molar refractivity (Wildman–Crippen MR) is 114 cm³/mol. The number of esters is 2. The molecule has 0 fully saturated rings. The summed E-state index contributed by atoms with van der Waals surface area (Å²) in [5.41, 5.74) is 2.50. The van der Waals surface area contributed by atoms with Gasteiger partial charge >= 0.3 is 11.9 Å². The van der Waals surface area contributed by atoms with Gasteiger partial charge in [-0.15, -0.1) is 0 Å². The van der Waals surface area contributed by atoms with E-state index < -0.39 is 11.9 Å². The highest BCUT2D eigenvalue weighted by atomic mass is 35.5. The lowest BCUT2D eigenvalue weighted by Gasteiger charge is -2.15. The molecule has 0 heterocycles. The van der Waals surface area contributed by atoms with Gasteiger partial charge in [0.25, 0.3) is 0 Å². The molecule has 0 aliphatic rings. The van der Waals surface area contributed by atoms with Gasteiger partial charge in [0.05, 0.1) is 30.0 Å². The van der Waals surface area contributed by atoms with Crippen LogP contribution in [0.2, 0.25) is 5.02 Å². The van der Waals surface area contributed by atoms with Crippen LogP contribution in [0, 0.1) is 6.92 Å². The van der Waals surface area contributed by atoms with E-state index in [0.29, 0.717) is 22.0 Å². The minimum Gasteiger partial charge on any atom is -0.462 e. The maximum Gasteiger partial charge on any atom is 0.340 e. The highest BCUT2D eigenvalue weighted by Gasteiger charge is 2.17. The van der Waals surface area contributed by atoms with Crippen LogP contribution in [-0.2, 0) is 9.47 Å². The lowest BCUT2D eigenvalue weighted by atomic mass is 10.1. The Morgan fingerprint density at radius 1 is 1.00 bits per heavy atom. The molecule has 2 rings (SSSR count). The predicted octanol–water partition coefficient (Wildman–Crippen LogP) is 4.81. The maximum absolute atomic E-state index is 12.2. The number of benzene rings is 2.